The Bertz CT molecular complexity index is 3760. The molecule has 3 amide bonds. The molecule has 4 aliphatic rings. The first-order valence-corrected chi connectivity index (χ1v) is 37.8. The van der Waals surface area contributed by atoms with Gasteiger partial charge >= 0.3 is 17.9 Å². The number of ether oxygens (including phenoxy) is 6. The number of amides is 3. The fourth-order valence-corrected chi connectivity index (χ4v) is 14.5. The number of carboxylic acids is 1. The number of rotatable bonds is 29. The Labute approximate surface area is 647 Å². The number of hydrogen-bond acceptors (Lipinski definition) is 14. The van der Waals surface area contributed by atoms with E-state index >= 15 is 0 Å². The Morgan fingerprint density at radius 1 is 0.486 bits per heavy atom. The summed E-state index contributed by atoms with van der Waals surface area (Å²) < 4.78 is 35.4. The normalized spacial score (nSPS) is 22.0. The first-order valence-electron chi connectivity index (χ1n) is 35.6. The van der Waals surface area contributed by atoms with Crippen LogP contribution >= 0.6 is 69.6 Å². The molecule has 0 bridgehead atoms. The van der Waals surface area contributed by atoms with Crippen molar-refractivity contribution in [2.45, 2.75) is 186 Å². The van der Waals surface area contributed by atoms with Crippen LogP contribution in [0.15, 0.2) is 158 Å². The van der Waals surface area contributed by atoms with E-state index in [9.17, 15) is 38.7 Å². The van der Waals surface area contributed by atoms with Gasteiger partial charge in [0.1, 0.15) is 61.0 Å². The molecule has 10 rings (SSSR count). The van der Waals surface area contributed by atoms with Gasteiger partial charge in [0.25, 0.3) is 17.7 Å². The molecule has 4 fully saturated rings. The van der Waals surface area contributed by atoms with Crippen molar-refractivity contribution in [2.24, 2.45) is 0 Å². The smallest absolute Gasteiger partial charge is 0.328 e. The van der Waals surface area contributed by atoms with Gasteiger partial charge in [0, 0.05) is 56.1 Å². The van der Waals surface area contributed by atoms with Gasteiger partial charge in [-0.05, 0) is 165 Å². The van der Waals surface area contributed by atoms with Crippen molar-refractivity contribution in [3.8, 4) is 0 Å². The molecule has 0 unspecified atom stereocenters. The number of benzene rings is 6. The Hall–Kier alpha value is -6.91. The lowest BCUT2D eigenvalue weighted by atomic mass is 9.89. The van der Waals surface area contributed by atoms with Crippen molar-refractivity contribution in [3.63, 3.8) is 0 Å². The second-order valence-electron chi connectivity index (χ2n) is 25.6. The van der Waals surface area contributed by atoms with E-state index in [-0.39, 0.29) is 51.2 Å². The van der Waals surface area contributed by atoms with Crippen molar-refractivity contribution < 1.29 is 67.1 Å². The van der Waals surface area contributed by atoms with Crippen molar-refractivity contribution in [3.05, 3.63) is 222 Å². The van der Waals surface area contributed by atoms with Crippen LogP contribution in [-0.4, -0.2) is 149 Å². The molecule has 4 aliphatic heterocycles. The fraction of sp³-hybridized carbons (Fsp3) is 0.444. The summed E-state index contributed by atoms with van der Waals surface area (Å²) in [7, 11) is 0. The van der Waals surface area contributed by atoms with Crippen LogP contribution in [0.4, 0.5) is 0 Å². The minimum Gasteiger partial charge on any atom is -0.480 e. The predicted octanol–water partition coefficient (Wildman–Crippen LogP) is 18.0. The minimum absolute atomic E-state index is 0. The van der Waals surface area contributed by atoms with Crippen LogP contribution in [0, 0.1) is 0 Å². The number of carbonyl (C=O) groups is 7. The van der Waals surface area contributed by atoms with E-state index in [4.69, 9.17) is 98.0 Å². The molecule has 18 nitrogen and oxygen atoms in total. The van der Waals surface area contributed by atoms with Crippen LogP contribution in [0.1, 0.15) is 182 Å². The largest absolute Gasteiger partial charge is 0.480 e. The number of halogens is 6. The highest BCUT2D eigenvalue weighted by atomic mass is 35.5. The molecule has 1 N–H and O–H groups in total. The van der Waals surface area contributed by atoms with E-state index in [0.29, 0.717) is 94.7 Å². The molecule has 0 aliphatic carbocycles. The van der Waals surface area contributed by atoms with Crippen LogP contribution in [0.25, 0.3) is 0 Å². The number of carbonyl (C=O) groups excluding carboxylic acids is 6. The van der Waals surface area contributed by atoms with Gasteiger partial charge in [-0.25, -0.2) is 14.4 Å². The summed E-state index contributed by atoms with van der Waals surface area (Å²) in [6.07, 6.45) is 3.58. The lowest BCUT2D eigenvalue weighted by molar-refractivity contribution is -0.186. The highest BCUT2D eigenvalue weighted by molar-refractivity contribution is 6.32. The minimum atomic E-state index is -1.02. The second-order valence-corrected chi connectivity index (χ2v) is 28.3. The highest BCUT2D eigenvalue weighted by Crippen LogP contribution is 2.49. The monoisotopic (exact) mass is 1560 g/mol. The van der Waals surface area contributed by atoms with E-state index in [2.05, 4.69) is 11.5 Å². The fourth-order valence-electron chi connectivity index (χ4n) is 13.7. The molecule has 4 saturated heterocycles. The van der Waals surface area contributed by atoms with Gasteiger partial charge in [-0.1, -0.05) is 196 Å². The Kier molecular flexibility index (Phi) is 34.6. The Morgan fingerprint density at radius 3 is 1.10 bits per heavy atom. The number of carboxylic acid groups (broad SMARTS) is 1. The summed E-state index contributed by atoms with van der Waals surface area (Å²) in [5.41, 5.74) is 4.85. The second kappa shape index (κ2) is 42.6. The van der Waals surface area contributed by atoms with Gasteiger partial charge in [-0.2, -0.15) is 0 Å². The van der Waals surface area contributed by atoms with Crippen molar-refractivity contribution >= 4 is 112 Å². The summed E-state index contributed by atoms with van der Waals surface area (Å²) in [6.45, 7) is 17.6. The maximum absolute atomic E-state index is 14.0. The molecule has 6 aromatic rings. The maximum atomic E-state index is 14.0. The first kappa shape index (κ1) is 85.3. The van der Waals surface area contributed by atoms with Crippen LogP contribution in [0.5, 0.6) is 0 Å². The predicted molar refractivity (Wildman–Crippen MR) is 411 cm³/mol. The van der Waals surface area contributed by atoms with E-state index < -0.39 is 90.8 Å². The van der Waals surface area contributed by atoms with Crippen LogP contribution < -0.4 is 0 Å². The first-order chi connectivity index (χ1) is 50.2. The number of aliphatic carboxylic acids is 1. The third-order valence-electron chi connectivity index (χ3n) is 18.6. The zero-order chi connectivity index (χ0) is 75.0. The number of esters is 2. The lowest BCUT2D eigenvalue weighted by Crippen LogP contribution is -2.57. The van der Waals surface area contributed by atoms with Crippen LogP contribution in [0.2, 0.25) is 30.1 Å². The molecule has 566 valence electrons. The van der Waals surface area contributed by atoms with Gasteiger partial charge in [-0.3, -0.25) is 19.3 Å². The molecule has 0 aromatic heterocycles. The number of aldehydes is 1. The van der Waals surface area contributed by atoms with E-state index in [1.54, 1.807) is 107 Å². The zero-order valence-electron chi connectivity index (χ0n) is 59.2. The average Bonchev–Trinajstić information content (AvgIpc) is 0.769. The van der Waals surface area contributed by atoms with Gasteiger partial charge in [0.05, 0.1) is 44.6 Å². The quantitative estimate of drug-likeness (QED) is 0.0263. The average molecular weight is 1560 g/mol. The van der Waals surface area contributed by atoms with Crippen molar-refractivity contribution in [1.82, 2.24) is 19.6 Å². The van der Waals surface area contributed by atoms with Crippen LogP contribution in [0.3, 0.4) is 0 Å². The highest BCUT2D eigenvalue weighted by Gasteiger charge is 2.52. The Morgan fingerprint density at radius 2 is 0.790 bits per heavy atom. The summed E-state index contributed by atoms with van der Waals surface area (Å²) >= 11 is 36.9. The van der Waals surface area contributed by atoms with Crippen molar-refractivity contribution in [1.29, 1.82) is 0 Å². The topological polar surface area (TPSA) is 208 Å². The summed E-state index contributed by atoms with van der Waals surface area (Å²) in [5.74, 6) is -2.76. The molecule has 0 radical (unpaired) electrons. The molecule has 0 spiro atoms. The summed E-state index contributed by atoms with van der Waals surface area (Å²) in [5, 5.41) is 13.7. The lowest BCUT2D eigenvalue weighted by Gasteiger charge is -2.47. The van der Waals surface area contributed by atoms with Gasteiger partial charge in [-0.15, -0.1) is 6.58 Å². The molecular formula is C81H96Cl6N4O14. The van der Waals surface area contributed by atoms with Gasteiger partial charge < -0.3 is 53.0 Å². The van der Waals surface area contributed by atoms with Gasteiger partial charge in [0.2, 0.25) is 0 Å². The van der Waals surface area contributed by atoms with Gasteiger partial charge in [0.15, 0.2) is 0 Å². The third-order valence-corrected chi connectivity index (χ3v) is 20.1. The molecule has 4 heterocycles. The molecule has 0 saturated carbocycles. The van der Waals surface area contributed by atoms with Crippen molar-refractivity contribution in [2.75, 3.05) is 46.1 Å². The number of hydrogen-bond donors (Lipinski definition) is 1. The maximum Gasteiger partial charge on any atom is 0.328 e. The standard InChI is InChI=1S/C28H34Cl2N2O5.C26H29Cl2NO5.C26H29Cl2NO4.CH4/c1-2-4-23(28(34)35)32-25(19-6-10-21(29)11-7-19)26(20-8-12-22(30)13-9-20)37-24(27(32)33)5-3-14-31-15-17-36-18-16-31;1-3-6-21(26(32)33-4-2)29-23(17-8-12-19(27)13-9-17)24(18-10-14-20(28)15-11-18)34-22(25(29)31)7-5-16-30;1-4-7-21(26(31)32-6-3)29-23(17-9-13-19(27)14-10-17)24(18-11-15-20(28)16-12-18)33-22(8-5-2)25(29)30;/h6-13,23-26H,2-5,14-18H2,1H3,(H,34,35);8-16,21-24H,3-7H2,1-2H3;5,9-16,21-24H,2,4,6-8H2,1,3H3;1H4/t23-,24+,25-,26+;2*21-,22+,23-,24+;/m111./s1. The number of morpholine rings is 4. The number of nitrogens with zero attached hydrogens (tertiary/aromatic N) is 4. The zero-order valence-corrected chi connectivity index (χ0v) is 63.7. The van der Waals surface area contributed by atoms with Crippen LogP contribution in [-0.2, 0) is 62.0 Å². The molecular weight excluding hydrogens is 1470 g/mol. The molecule has 24 heteroatoms. The molecule has 6 aromatic carbocycles. The molecule has 105 heavy (non-hydrogen) atoms. The van der Waals surface area contributed by atoms with E-state index in [0.717, 1.165) is 65.7 Å². The molecule has 12 atom stereocenters. The SMILES string of the molecule is C.C=CC[C@@H]1O[C@@H](c2ccc(Cl)cc2)[C@@H](c2ccc(Cl)cc2)N([C@H](CCC)C(=O)OCC)C1=O.CCC[C@H](C(=O)O)N1C(=O)[C@H](CCCN2CCOCC2)O[C@@H](c2ccc(Cl)cc2)[C@H]1c1ccc(Cl)cc1.CCC[C@H](C(=O)OCC)N1C(=O)[C@H](CCC=O)O[C@@H](c2ccc(Cl)cc2)[C@H]1c1ccc(Cl)cc1. The Balaban J connectivity index is 0.000000219. The summed E-state index contributed by atoms with van der Waals surface area (Å²) in [6, 6.07) is 39.2. The third kappa shape index (κ3) is 22.6. The summed E-state index contributed by atoms with van der Waals surface area (Å²) in [4.78, 5) is 98.3. The van der Waals surface area contributed by atoms with E-state index in [1.165, 1.54) is 0 Å². The van der Waals surface area contributed by atoms with E-state index in [1.807, 2.05) is 93.6 Å².